The van der Waals surface area contributed by atoms with E-state index in [1.807, 2.05) is 11.4 Å². The molecule has 2 aromatic carbocycles. The normalized spacial score (nSPS) is 10.2. The van der Waals surface area contributed by atoms with Crippen LogP contribution in [0.5, 0.6) is 11.5 Å². The third-order valence-corrected chi connectivity index (χ3v) is 4.33. The van der Waals surface area contributed by atoms with Gasteiger partial charge >= 0.3 is 0 Å². The molecule has 0 unspecified atom stereocenters. The Kier molecular flexibility index (Phi) is 4.64. The van der Waals surface area contributed by atoms with Crippen molar-refractivity contribution in [1.82, 2.24) is 10.3 Å². The molecule has 3 aromatic rings. The summed E-state index contributed by atoms with van der Waals surface area (Å²) < 4.78 is 0. The highest BCUT2D eigenvalue weighted by atomic mass is 32.1. The number of phenols is 2. The fourth-order valence-electron chi connectivity index (χ4n) is 2.20. The number of nitriles is 1. The van der Waals surface area contributed by atoms with E-state index in [9.17, 15) is 15.0 Å². The van der Waals surface area contributed by atoms with Gasteiger partial charge in [0.2, 0.25) is 0 Å². The number of hydrogen-bond donors (Lipinski definition) is 3. The lowest BCUT2D eigenvalue weighted by atomic mass is 10.1. The fraction of sp³-hybridized carbons (Fsp3) is 0.0556. The number of aromatic nitrogens is 1. The molecule has 25 heavy (non-hydrogen) atoms. The van der Waals surface area contributed by atoms with Gasteiger partial charge in [0.1, 0.15) is 5.01 Å². The highest BCUT2D eigenvalue weighted by molar-refractivity contribution is 7.09. The molecule has 0 bridgehead atoms. The van der Waals surface area contributed by atoms with Crippen LogP contribution in [0.15, 0.2) is 47.8 Å². The van der Waals surface area contributed by atoms with Crippen LogP contribution in [-0.4, -0.2) is 21.1 Å². The molecule has 1 amide bonds. The minimum absolute atomic E-state index is 0.189. The van der Waals surface area contributed by atoms with Crippen molar-refractivity contribution in [1.29, 1.82) is 5.26 Å². The van der Waals surface area contributed by atoms with Crippen molar-refractivity contribution < 1.29 is 15.0 Å². The Balaban J connectivity index is 1.68. The van der Waals surface area contributed by atoms with Gasteiger partial charge in [-0.1, -0.05) is 6.07 Å². The number of thiazole rings is 1. The molecular formula is C18H13N3O3S. The van der Waals surface area contributed by atoms with E-state index in [1.165, 1.54) is 29.5 Å². The van der Waals surface area contributed by atoms with Crippen molar-refractivity contribution in [2.75, 3.05) is 0 Å². The topological polar surface area (TPSA) is 106 Å². The summed E-state index contributed by atoms with van der Waals surface area (Å²) in [6, 6.07) is 12.9. The predicted octanol–water partition coefficient (Wildman–Crippen LogP) is 3.02. The first-order chi connectivity index (χ1) is 12.1. The van der Waals surface area contributed by atoms with Crippen molar-refractivity contribution in [3.63, 3.8) is 0 Å². The zero-order valence-electron chi connectivity index (χ0n) is 12.9. The predicted molar refractivity (Wildman–Crippen MR) is 93.2 cm³/mol. The van der Waals surface area contributed by atoms with Gasteiger partial charge in [0.25, 0.3) is 5.91 Å². The molecule has 0 radical (unpaired) electrons. The monoisotopic (exact) mass is 351 g/mol. The second-order valence-corrected chi connectivity index (χ2v) is 6.15. The molecule has 0 saturated carbocycles. The van der Waals surface area contributed by atoms with E-state index in [1.54, 1.807) is 24.3 Å². The van der Waals surface area contributed by atoms with Gasteiger partial charge in [0.05, 0.1) is 23.9 Å². The summed E-state index contributed by atoms with van der Waals surface area (Å²) in [7, 11) is 0. The van der Waals surface area contributed by atoms with Gasteiger partial charge < -0.3 is 15.5 Å². The average molecular weight is 351 g/mol. The number of benzene rings is 2. The Hall–Kier alpha value is -3.37. The smallest absolute Gasteiger partial charge is 0.251 e. The second-order valence-electron chi connectivity index (χ2n) is 5.21. The molecular weight excluding hydrogens is 338 g/mol. The van der Waals surface area contributed by atoms with Gasteiger partial charge in [-0.25, -0.2) is 4.98 Å². The van der Waals surface area contributed by atoms with E-state index in [-0.39, 0.29) is 24.0 Å². The highest BCUT2D eigenvalue weighted by Gasteiger charge is 2.10. The summed E-state index contributed by atoms with van der Waals surface area (Å²) in [6.45, 7) is 0.254. The summed E-state index contributed by atoms with van der Waals surface area (Å²) in [4.78, 5) is 16.5. The Morgan fingerprint density at radius 2 is 2.04 bits per heavy atom. The highest BCUT2D eigenvalue weighted by Crippen LogP contribution is 2.31. The Morgan fingerprint density at radius 3 is 2.80 bits per heavy atom. The molecule has 0 fully saturated rings. The van der Waals surface area contributed by atoms with E-state index < -0.39 is 0 Å². The minimum atomic E-state index is -0.281. The lowest BCUT2D eigenvalue weighted by Gasteiger charge is -2.03. The molecule has 0 spiro atoms. The lowest BCUT2D eigenvalue weighted by Crippen LogP contribution is -2.22. The fourth-order valence-corrected chi connectivity index (χ4v) is 2.94. The molecule has 3 N–H and O–H groups in total. The van der Waals surface area contributed by atoms with Crippen LogP contribution in [-0.2, 0) is 6.54 Å². The molecule has 0 atom stereocenters. The maximum Gasteiger partial charge on any atom is 0.251 e. The SMILES string of the molecule is N#Cc1cccc(C(=O)NCc2nc(-c3ccc(O)c(O)c3)cs2)c1. The van der Waals surface area contributed by atoms with Gasteiger partial charge in [0, 0.05) is 16.5 Å². The number of nitrogens with one attached hydrogen (secondary N) is 1. The van der Waals surface area contributed by atoms with Crippen molar-refractivity contribution in [3.05, 3.63) is 64.0 Å². The summed E-state index contributed by atoms with van der Waals surface area (Å²) in [6.07, 6.45) is 0. The average Bonchev–Trinajstić information content (AvgIpc) is 3.11. The Bertz CT molecular complexity index is 976. The molecule has 1 aromatic heterocycles. The van der Waals surface area contributed by atoms with E-state index in [0.29, 0.717) is 27.4 Å². The number of carbonyl (C=O) groups is 1. The molecule has 6 nitrogen and oxygen atoms in total. The summed E-state index contributed by atoms with van der Waals surface area (Å²) in [5, 5.41) is 33.1. The van der Waals surface area contributed by atoms with E-state index in [0.717, 1.165) is 0 Å². The molecule has 0 aliphatic heterocycles. The Morgan fingerprint density at radius 1 is 1.20 bits per heavy atom. The first kappa shape index (κ1) is 16.5. The number of carbonyl (C=O) groups excluding carboxylic acids is 1. The molecule has 0 aliphatic rings. The van der Waals surface area contributed by atoms with Crippen molar-refractivity contribution in [2.45, 2.75) is 6.54 Å². The Labute approximate surface area is 147 Å². The summed E-state index contributed by atoms with van der Waals surface area (Å²) in [5.41, 5.74) is 2.16. The van der Waals surface area contributed by atoms with Crippen LogP contribution in [0.25, 0.3) is 11.3 Å². The number of phenolic OH excluding ortho intramolecular Hbond substituents is 2. The first-order valence-corrected chi connectivity index (χ1v) is 8.20. The standard InChI is InChI=1S/C18H13N3O3S/c19-8-11-2-1-3-13(6-11)18(24)20-9-17-21-14(10-25-17)12-4-5-15(22)16(23)7-12/h1-7,10,22-23H,9H2,(H,20,24). The number of nitrogens with zero attached hydrogens (tertiary/aromatic N) is 2. The van der Waals surface area contributed by atoms with Crippen LogP contribution in [0.4, 0.5) is 0 Å². The molecule has 7 heteroatoms. The lowest BCUT2D eigenvalue weighted by molar-refractivity contribution is 0.0951. The number of hydrogen-bond acceptors (Lipinski definition) is 6. The maximum atomic E-state index is 12.1. The van der Waals surface area contributed by atoms with Crippen LogP contribution in [0, 0.1) is 11.3 Å². The quantitative estimate of drug-likeness (QED) is 0.627. The summed E-state index contributed by atoms with van der Waals surface area (Å²) >= 11 is 1.38. The largest absolute Gasteiger partial charge is 0.504 e. The third-order valence-electron chi connectivity index (χ3n) is 3.48. The zero-order chi connectivity index (χ0) is 17.8. The number of aromatic hydroxyl groups is 2. The van der Waals surface area contributed by atoms with Crippen LogP contribution >= 0.6 is 11.3 Å². The summed E-state index contributed by atoms with van der Waals surface area (Å²) in [5.74, 6) is -0.681. The van der Waals surface area contributed by atoms with Gasteiger partial charge in [-0.2, -0.15) is 5.26 Å². The maximum absolute atomic E-state index is 12.1. The van der Waals surface area contributed by atoms with Gasteiger partial charge in [-0.05, 0) is 36.4 Å². The molecule has 124 valence electrons. The zero-order valence-corrected chi connectivity index (χ0v) is 13.7. The van der Waals surface area contributed by atoms with Crippen LogP contribution in [0.1, 0.15) is 20.9 Å². The second kappa shape index (κ2) is 7.03. The van der Waals surface area contributed by atoms with Gasteiger partial charge in [0.15, 0.2) is 11.5 Å². The van der Waals surface area contributed by atoms with Gasteiger partial charge in [-0.3, -0.25) is 4.79 Å². The van der Waals surface area contributed by atoms with E-state index in [4.69, 9.17) is 5.26 Å². The first-order valence-electron chi connectivity index (χ1n) is 7.32. The van der Waals surface area contributed by atoms with Crippen molar-refractivity contribution in [2.24, 2.45) is 0 Å². The molecule has 3 rings (SSSR count). The third kappa shape index (κ3) is 3.76. The van der Waals surface area contributed by atoms with Crippen LogP contribution < -0.4 is 5.32 Å². The molecule has 0 saturated heterocycles. The number of rotatable bonds is 4. The van der Waals surface area contributed by atoms with E-state index >= 15 is 0 Å². The van der Waals surface area contributed by atoms with E-state index in [2.05, 4.69) is 10.3 Å². The van der Waals surface area contributed by atoms with Crippen molar-refractivity contribution in [3.8, 4) is 28.8 Å². The van der Waals surface area contributed by atoms with Crippen LogP contribution in [0.2, 0.25) is 0 Å². The van der Waals surface area contributed by atoms with Crippen LogP contribution in [0.3, 0.4) is 0 Å². The molecule has 0 aliphatic carbocycles. The van der Waals surface area contributed by atoms with Gasteiger partial charge in [-0.15, -0.1) is 11.3 Å². The van der Waals surface area contributed by atoms with Crippen molar-refractivity contribution >= 4 is 17.2 Å². The number of amides is 1. The minimum Gasteiger partial charge on any atom is -0.504 e. The molecule has 1 heterocycles.